The third kappa shape index (κ3) is 1.87. The van der Waals surface area contributed by atoms with Crippen molar-refractivity contribution in [3.05, 3.63) is 11.3 Å². The highest BCUT2D eigenvalue weighted by Gasteiger charge is 2.50. The molecule has 0 N–H and O–H groups in total. The number of methoxy groups -OCH3 is 2. The Labute approximate surface area is 104 Å². The summed E-state index contributed by atoms with van der Waals surface area (Å²) >= 11 is 0. The number of ketones is 1. The molecule has 1 heterocycles. The van der Waals surface area contributed by atoms with E-state index in [9.17, 15) is 14.4 Å². The first kappa shape index (κ1) is 12.6. The molecule has 0 aromatic heterocycles. The smallest absolute Gasteiger partial charge is 0.348 e. The van der Waals surface area contributed by atoms with Gasteiger partial charge in [0, 0.05) is 12.8 Å². The van der Waals surface area contributed by atoms with Crippen molar-refractivity contribution in [2.24, 2.45) is 5.92 Å². The van der Waals surface area contributed by atoms with E-state index >= 15 is 0 Å². The van der Waals surface area contributed by atoms with E-state index in [-0.39, 0.29) is 11.4 Å². The van der Waals surface area contributed by atoms with Crippen LogP contribution in [0.3, 0.4) is 0 Å². The molecular formula is C12H14O6. The van der Waals surface area contributed by atoms with Crippen LogP contribution in [0.5, 0.6) is 0 Å². The molecule has 0 saturated carbocycles. The van der Waals surface area contributed by atoms with Crippen molar-refractivity contribution in [1.29, 1.82) is 0 Å². The van der Waals surface area contributed by atoms with E-state index < -0.39 is 24.0 Å². The number of hydrogen-bond acceptors (Lipinski definition) is 6. The van der Waals surface area contributed by atoms with Gasteiger partial charge >= 0.3 is 11.9 Å². The molecule has 0 saturated heterocycles. The van der Waals surface area contributed by atoms with Gasteiger partial charge < -0.3 is 14.2 Å². The van der Waals surface area contributed by atoms with Gasteiger partial charge in [0.2, 0.25) is 6.10 Å². The van der Waals surface area contributed by atoms with Crippen LogP contribution in [0.1, 0.15) is 19.3 Å². The van der Waals surface area contributed by atoms with Gasteiger partial charge in [-0.15, -0.1) is 0 Å². The van der Waals surface area contributed by atoms with Crippen LogP contribution >= 0.6 is 0 Å². The van der Waals surface area contributed by atoms with Gasteiger partial charge in [0.05, 0.1) is 19.8 Å². The van der Waals surface area contributed by atoms with Crippen LogP contribution in [0.2, 0.25) is 0 Å². The number of hydrogen-bond donors (Lipinski definition) is 0. The molecule has 0 spiro atoms. The topological polar surface area (TPSA) is 78.9 Å². The summed E-state index contributed by atoms with van der Waals surface area (Å²) in [6.07, 6.45) is 0.486. The third-order valence-electron chi connectivity index (χ3n) is 3.18. The number of ether oxygens (including phenoxy) is 3. The highest BCUT2D eigenvalue weighted by molar-refractivity contribution is 6.04. The van der Waals surface area contributed by atoms with E-state index in [2.05, 4.69) is 9.47 Å². The highest BCUT2D eigenvalue weighted by atomic mass is 16.6. The molecule has 0 aromatic rings. The Kier molecular flexibility index (Phi) is 3.36. The van der Waals surface area contributed by atoms with Gasteiger partial charge in [0.1, 0.15) is 11.7 Å². The maximum atomic E-state index is 11.9. The Bertz CT molecular complexity index is 436. The Morgan fingerprint density at radius 3 is 2.44 bits per heavy atom. The summed E-state index contributed by atoms with van der Waals surface area (Å²) in [5, 5.41) is 0. The van der Waals surface area contributed by atoms with E-state index in [1.807, 2.05) is 0 Å². The van der Waals surface area contributed by atoms with Crippen LogP contribution in [0.4, 0.5) is 0 Å². The number of carbonyl (C=O) groups is 3. The molecule has 18 heavy (non-hydrogen) atoms. The average Bonchev–Trinajstić information content (AvgIpc) is 2.77. The van der Waals surface area contributed by atoms with Crippen molar-refractivity contribution in [2.45, 2.75) is 25.4 Å². The summed E-state index contributed by atoms with van der Waals surface area (Å²) < 4.78 is 14.6. The van der Waals surface area contributed by atoms with Crippen molar-refractivity contribution < 1.29 is 28.6 Å². The minimum absolute atomic E-state index is 0.155. The predicted molar refractivity (Wildman–Crippen MR) is 58.3 cm³/mol. The minimum Gasteiger partial charge on any atom is -0.481 e. The third-order valence-corrected chi connectivity index (χ3v) is 3.18. The fraction of sp³-hybridized carbons (Fsp3) is 0.583. The summed E-state index contributed by atoms with van der Waals surface area (Å²) in [6.45, 7) is 0. The SMILES string of the molecule is COC(=O)C1OC2=C(C(=O)CCC2)C1C(=O)OC. The molecule has 6 nitrogen and oxygen atoms in total. The average molecular weight is 254 g/mol. The summed E-state index contributed by atoms with van der Waals surface area (Å²) in [4.78, 5) is 35.2. The lowest BCUT2D eigenvalue weighted by Gasteiger charge is -2.16. The molecule has 6 heteroatoms. The zero-order valence-corrected chi connectivity index (χ0v) is 10.2. The Balaban J connectivity index is 2.37. The lowest BCUT2D eigenvalue weighted by atomic mass is 9.86. The first-order chi connectivity index (χ1) is 8.60. The van der Waals surface area contributed by atoms with Gasteiger partial charge in [-0.3, -0.25) is 9.59 Å². The summed E-state index contributed by atoms with van der Waals surface area (Å²) in [7, 11) is 2.42. The van der Waals surface area contributed by atoms with E-state index in [0.717, 1.165) is 0 Å². The number of carbonyl (C=O) groups excluding carboxylic acids is 3. The second-order valence-corrected chi connectivity index (χ2v) is 4.18. The van der Waals surface area contributed by atoms with Crippen LogP contribution in [-0.4, -0.2) is 38.0 Å². The second kappa shape index (κ2) is 4.80. The number of esters is 2. The molecule has 1 aliphatic carbocycles. The summed E-state index contributed by atoms with van der Waals surface area (Å²) in [5.74, 6) is -2.04. The van der Waals surface area contributed by atoms with Crippen LogP contribution in [0.15, 0.2) is 11.3 Å². The maximum absolute atomic E-state index is 11.9. The molecule has 2 unspecified atom stereocenters. The largest absolute Gasteiger partial charge is 0.481 e. The monoisotopic (exact) mass is 254 g/mol. The molecule has 2 atom stereocenters. The molecule has 2 aliphatic rings. The molecule has 1 aliphatic heterocycles. The first-order valence-electron chi connectivity index (χ1n) is 5.68. The number of allylic oxidation sites excluding steroid dienone is 1. The molecule has 0 amide bonds. The Morgan fingerprint density at radius 1 is 1.17 bits per heavy atom. The van der Waals surface area contributed by atoms with Crippen LogP contribution in [0.25, 0.3) is 0 Å². The van der Waals surface area contributed by atoms with Crippen molar-refractivity contribution in [3.63, 3.8) is 0 Å². The molecule has 0 radical (unpaired) electrons. The van der Waals surface area contributed by atoms with E-state index in [1.54, 1.807) is 0 Å². The van der Waals surface area contributed by atoms with Crippen LogP contribution < -0.4 is 0 Å². The molecule has 0 bridgehead atoms. The van der Waals surface area contributed by atoms with Crippen molar-refractivity contribution in [1.82, 2.24) is 0 Å². The summed E-state index contributed by atoms with van der Waals surface area (Å²) in [5.41, 5.74) is 0.281. The molecular weight excluding hydrogens is 240 g/mol. The van der Waals surface area contributed by atoms with Crippen molar-refractivity contribution in [3.8, 4) is 0 Å². The number of Topliss-reactive ketones (excluding diaryl/α,β-unsaturated/α-hetero) is 1. The fourth-order valence-electron chi connectivity index (χ4n) is 2.35. The Morgan fingerprint density at radius 2 is 1.83 bits per heavy atom. The molecule has 0 fully saturated rings. The van der Waals surface area contributed by atoms with Gasteiger partial charge in [-0.25, -0.2) is 4.79 Å². The molecule has 98 valence electrons. The molecule has 2 rings (SSSR count). The predicted octanol–water partition coefficient (Wildman–Crippen LogP) is 0.354. The van der Waals surface area contributed by atoms with Crippen molar-refractivity contribution >= 4 is 17.7 Å². The van der Waals surface area contributed by atoms with Crippen LogP contribution in [-0.2, 0) is 28.6 Å². The van der Waals surface area contributed by atoms with Crippen molar-refractivity contribution in [2.75, 3.05) is 14.2 Å². The lowest BCUT2D eigenvalue weighted by Crippen LogP contribution is -2.36. The maximum Gasteiger partial charge on any atom is 0.348 e. The highest BCUT2D eigenvalue weighted by Crippen LogP contribution is 2.39. The zero-order valence-electron chi connectivity index (χ0n) is 10.2. The van der Waals surface area contributed by atoms with E-state index in [0.29, 0.717) is 25.0 Å². The second-order valence-electron chi connectivity index (χ2n) is 4.18. The quantitative estimate of drug-likeness (QED) is 0.662. The van der Waals surface area contributed by atoms with Gasteiger partial charge in [-0.05, 0) is 6.42 Å². The minimum atomic E-state index is -1.10. The first-order valence-corrected chi connectivity index (χ1v) is 5.68. The van der Waals surface area contributed by atoms with Gasteiger partial charge in [0.25, 0.3) is 0 Å². The standard InChI is InChI=1S/C12H14O6/c1-16-11(14)9-8-6(13)4-3-5-7(8)18-10(9)12(15)17-2/h9-10H,3-5H2,1-2H3. The fourth-order valence-corrected chi connectivity index (χ4v) is 2.35. The van der Waals surface area contributed by atoms with E-state index in [4.69, 9.17) is 4.74 Å². The Hall–Kier alpha value is -1.85. The van der Waals surface area contributed by atoms with Gasteiger partial charge in [-0.1, -0.05) is 0 Å². The van der Waals surface area contributed by atoms with Gasteiger partial charge in [-0.2, -0.15) is 0 Å². The van der Waals surface area contributed by atoms with Gasteiger partial charge in [0.15, 0.2) is 5.78 Å². The molecule has 0 aromatic carbocycles. The number of rotatable bonds is 2. The summed E-state index contributed by atoms with van der Waals surface area (Å²) in [6, 6.07) is 0. The van der Waals surface area contributed by atoms with E-state index in [1.165, 1.54) is 14.2 Å². The normalized spacial score (nSPS) is 26.4. The zero-order chi connectivity index (χ0) is 13.3. The van der Waals surface area contributed by atoms with Crippen LogP contribution in [0, 0.1) is 5.92 Å². The lowest BCUT2D eigenvalue weighted by molar-refractivity contribution is -0.160.